The molecule has 0 saturated carbocycles. The molecular weight excluding hydrogens is 124 g/mol. The molecule has 0 aromatic carbocycles. The molecule has 10 heavy (non-hydrogen) atoms. The third kappa shape index (κ3) is 7.41. The Hall–Kier alpha value is -0.590. The number of carbonyl (C=O) groups is 1. The average molecular weight is 139 g/mol. The first-order valence-corrected chi connectivity index (χ1v) is 3.69. The van der Waals surface area contributed by atoms with Crippen LogP contribution >= 0.6 is 0 Å². The van der Waals surface area contributed by atoms with Crippen molar-refractivity contribution < 1.29 is 4.79 Å². The molecule has 0 unspecified atom stereocenters. The highest BCUT2D eigenvalue weighted by molar-refractivity contribution is 5.76. The summed E-state index contributed by atoms with van der Waals surface area (Å²) in [6, 6.07) is 0. The van der Waals surface area contributed by atoms with Gasteiger partial charge in [-0.15, -0.1) is 6.58 Å². The SMILES string of the molecule is C=CCCC[CH]CC(C)=O. The second kappa shape index (κ2) is 6.53. The summed E-state index contributed by atoms with van der Waals surface area (Å²) in [5.74, 6) is 0.249. The Morgan fingerprint density at radius 1 is 1.50 bits per heavy atom. The van der Waals surface area contributed by atoms with E-state index in [1.807, 2.05) is 12.5 Å². The lowest BCUT2D eigenvalue weighted by Gasteiger charge is -1.93. The molecule has 0 aliphatic carbocycles. The lowest BCUT2D eigenvalue weighted by atomic mass is 10.1. The second-order valence-electron chi connectivity index (χ2n) is 2.41. The molecule has 0 atom stereocenters. The predicted octanol–water partition coefficient (Wildman–Crippen LogP) is 2.53. The molecule has 0 amide bonds. The number of rotatable bonds is 6. The van der Waals surface area contributed by atoms with E-state index in [1.165, 1.54) is 0 Å². The van der Waals surface area contributed by atoms with Gasteiger partial charge in [-0.2, -0.15) is 0 Å². The summed E-state index contributed by atoms with van der Waals surface area (Å²) in [6.07, 6.45) is 7.77. The van der Waals surface area contributed by atoms with Gasteiger partial charge in [-0.1, -0.05) is 6.08 Å². The number of hydrogen-bond donors (Lipinski definition) is 0. The topological polar surface area (TPSA) is 17.1 Å². The van der Waals surface area contributed by atoms with Gasteiger partial charge in [-0.25, -0.2) is 0 Å². The monoisotopic (exact) mass is 139 g/mol. The molecule has 1 heteroatoms. The molecule has 0 heterocycles. The van der Waals surface area contributed by atoms with Crippen LogP contribution in [0.2, 0.25) is 0 Å². The highest BCUT2D eigenvalue weighted by Gasteiger charge is 1.92. The molecule has 1 radical (unpaired) electrons. The summed E-state index contributed by atoms with van der Waals surface area (Å²) in [5, 5.41) is 0. The van der Waals surface area contributed by atoms with Crippen LogP contribution < -0.4 is 0 Å². The minimum atomic E-state index is 0.249. The van der Waals surface area contributed by atoms with E-state index in [4.69, 9.17) is 0 Å². The largest absolute Gasteiger partial charge is 0.300 e. The molecule has 0 aliphatic rings. The van der Waals surface area contributed by atoms with Crippen molar-refractivity contribution in [1.82, 2.24) is 0 Å². The van der Waals surface area contributed by atoms with E-state index in [-0.39, 0.29) is 5.78 Å². The van der Waals surface area contributed by atoms with Crippen molar-refractivity contribution in [2.75, 3.05) is 0 Å². The quantitative estimate of drug-likeness (QED) is 0.408. The number of hydrogen-bond acceptors (Lipinski definition) is 1. The van der Waals surface area contributed by atoms with Crippen LogP contribution in [0.25, 0.3) is 0 Å². The Morgan fingerprint density at radius 2 is 2.20 bits per heavy atom. The Bertz CT molecular complexity index is 105. The smallest absolute Gasteiger partial charge is 0.130 e. The van der Waals surface area contributed by atoms with Crippen LogP contribution in [-0.2, 0) is 4.79 Å². The summed E-state index contributed by atoms with van der Waals surface area (Å²) < 4.78 is 0. The van der Waals surface area contributed by atoms with Crippen molar-refractivity contribution in [1.29, 1.82) is 0 Å². The summed E-state index contributed by atoms with van der Waals surface area (Å²) in [6.45, 7) is 5.23. The molecule has 0 aromatic rings. The maximum absolute atomic E-state index is 10.4. The standard InChI is InChI=1S/C9H15O/c1-3-4-5-6-7-8-9(2)10/h3,7H,1,4-6,8H2,2H3. The summed E-state index contributed by atoms with van der Waals surface area (Å²) in [7, 11) is 0. The minimum Gasteiger partial charge on any atom is -0.300 e. The molecule has 0 saturated heterocycles. The van der Waals surface area contributed by atoms with Gasteiger partial charge in [-0.05, 0) is 32.6 Å². The summed E-state index contributed by atoms with van der Waals surface area (Å²) in [5.41, 5.74) is 0. The van der Waals surface area contributed by atoms with Gasteiger partial charge in [-0.3, -0.25) is 0 Å². The van der Waals surface area contributed by atoms with Crippen LogP contribution in [0.3, 0.4) is 0 Å². The average Bonchev–Trinajstić information content (AvgIpc) is 1.87. The van der Waals surface area contributed by atoms with Crippen molar-refractivity contribution in [2.45, 2.75) is 32.6 Å². The first-order chi connectivity index (χ1) is 4.77. The lowest BCUT2D eigenvalue weighted by molar-refractivity contribution is -0.116. The van der Waals surface area contributed by atoms with E-state index in [1.54, 1.807) is 6.92 Å². The second-order valence-corrected chi connectivity index (χ2v) is 2.41. The minimum absolute atomic E-state index is 0.249. The lowest BCUT2D eigenvalue weighted by Crippen LogP contribution is -1.89. The van der Waals surface area contributed by atoms with Crippen molar-refractivity contribution in [2.24, 2.45) is 0 Å². The van der Waals surface area contributed by atoms with Crippen LogP contribution in [0.5, 0.6) is 0 Å². The van der Waals surface area contributed by atoms with Crippen LogP contribution in [0.1, 0.15) is 32.6 Å². The Labute approximate surface area is 63.1 Å². The first-order valence-electron chi connectivity index (χ1n) is 3.69. The molecule has 0 bridgehead atoms. The van der Waals surface area contributed by atoms with Crippen LogP contribution in [-0.4, -0.2) is 5.78 Å². The summed E-state index contributed by atoms with van der Waals surface area (Å²) in [4.78, 5) is 10.4. The highest BCUT2D eigenvalue weighted by Crippen LogP contribution is 2.01. The van der Waals surface area contributed by atoms with Crippen molar-refractivity contribution in [3.05, 3.63) is 19.1 Å². The van der Waals surface area contributed by atoms with E-state index in [0.717, 1.165) is 19.3 Å². The van der Waals surface area contributed by atoms with Gasteiger partial charge < -0.3 is 4.79 Å². The number of unbranched alkanes of at least 4 members (excludes halogenated alkanes) is 3. The maximum atomic E-state index is 10.4. The molecule has 0 N–H and O–H groups in total. The molecule has 0 aliphatic heterocycles. The van der Waals surface area contributed by atoms with Gasteiger partial charge in [0.15, 0.2) is 0 Å². The van der Waals surface area contributed by atoms with Crippen LogP contribution in [0, 0.1) is 6.42 Å². The fraction of sp³-hybridized carbons (Fsp3) is 0.556. The molecule has 0 aromatic heterocycles. The van der Waals surface area contributed by atoms with Gasteiger partial charge in [0.05, 0.1) is 0 Å². The normalized spacial score (nSPS) is 9.30. The molecule has 57 valence electrons. The van der Waals surface area contributed by atoms with Crippen molar-refractivity contribution in [3.63, 3.8) is 0 Å². The van der Waals surface area contributed by atoms with Gasteiger partial charge in [0.1, 0.15) is 5.78 Å². The fourth-order valence-corrected chi connectivity index (χ4v) is 0.712. The van der Waals surface area contributed by atoms with Gasteiger partial charge in [0.25, 0.3) is 0 Å². The predicted molar refractivity (Wildman–Crippen MR) is 43.6 cm³/mol. The van der Waals surface area contributed by atoms with Gasteiger partial charge in [0, 0.05) is 6.42 Å². The van der Waals surface area contributed by atoms with E-state index in [0.29, 0.717) is 6.42 Å². The van der Waals surface area contributed by atoms with Crippen molar-refractivity contribution in [3.8, 4) is 0 Å². The molecule has 0 rings (SSSR count). The number of ketones is 1. The maximum Gasteiger partial charge on any atom is 0.130 e. The Balaban J connectivity index is 2.90. The Kier molecular flexibility index (Phi) is 6.14. The van der Waals surface area contributed by atoms with Crippen LogP contribution in [0.4, 0.5) is 0 Å². The molecule has 1 nitrogen and oxygen atoms in total. The first kappa shape index (κ1) is 9.41. The van der Waals surface area contributed by atoms with E-state index in [2.05, 4.69) is 6.58 Å². The number of carbonyl (C=O) groups excluding carboxylic acids is 1. The van der Waals surface area contributed by atoms with E-state index in [9.17, 15) is 4.79 Å². The molecule has 0 spiro atoms. The van der Waals surface area contributed by atoms with Crippen LogP contribution in [0.15, 0.2) is 12.7 Å². The number of allylic oxidation sites excluding steroid dienone is 1. The zero-order valence-electron chi connectivity index (χ0n) is 6.60. The van der Waals surface area contributed by atoms with Gasteiger partial charge >= 0.3 is 0 Å². The number of Topliss-reactive ketones (excluding diaryl/α,β-unsaturated/α-hetero) is 1. The Morgan fingerprint density at radius 3 is 2.70 bits per heavy atom. The third-order valence-corrected chi connectivity index (χ3v) is 1.25. The molecular formula is C9H15O. The fourth-order valence-electron chi connectivity index (χ4n) is 0.712. The van der Waals surface area contributed by atoms with Gasteiger partial charge in [0.2, 0.25) is 0 Å². The van der Waals surface area contributed by atoms with E-state index < -0.39 is 0 Å². The summed E-state index contributed by atoms with van der Waals surface area (Å²) >= 11 is 0. The zero-order chi connectivity index (χ0) is 7.82. The third-order valence-electron chi connectivity index (χ3n) is 1.25. The molecule has 0 fully saturated rings. The van der Waals surface area contributed by atoms with Crippen molar-refractivity contribution >= 4 is 5.78 Å². The highest BCUT2D eigenvalue weighted by atomic mass is 16.1. The van der Waals surface area contributed by atoms with E-state index >= 15 is 0 Å². The zero-order valence-corrected chi connectivity index (χ0v) is 6.60.